The lowest BCUT2D eigenvalue weighted by Gasteiger charge is -1.94. The summed E-state index contributed by atoms with van der Waals surface area (Å²) in [7, 11) is 0. The van der Waals surface area contributed by atoms with Gasteiger partial charge >= 0.3 is 6.09 Å². The first-order valence-corrected chi connectivity index (χ1v) is 4.06. The molecule has 1 aromatic rings. The largest absolute Gasteiger partial charge is 0.465 e. The zero-order chi connectivity index (χ0) is 10.4. The third kappa shape index (κ3) is 3.15. The van der Waals surface area contributed by atoms with Gasteiger partial charge < -0.3 is 10.4 Å². The van der Waals surface area contributed by atoms with Crippen LogP contribution >= 0.6 is 0 Å². The molecular weight excluding hydrogens is 180 g/mol. The van der Waals surface area contributed by atoms with Crippen LogP contribution in [0.4, 0.5) is 4.79 Å². The lowest BCUT2D eigenvalue weighted by molar-refractivity contribution is 0.196. The molecule has 4 nitrogen and oxygen atoms in total. The van der Waals surface area contributed by atoms with Gasteiger partial charge in [-0.3, -0.25) is 4.98 Å². The van der Waals surface area contributed by atoms with Crippen LogP contribution < -0.4 is 5.32 Å². The Morgan fingerprint density at radius 2 is 2.50 bits per heavy atom. The summed E-state index contributed by atoms with van der Waals surface area (Å²) in [5, 5.41) is 10.4. The van der Waals surface area contributed by atoms with Crippen molar-refractivity contribution in [2.45, 2.75) is 6.92 Å². The number of amides is 1. The van der Waals surface area contributed by atoms with Gasteiger partial charge in [-0.15, -0.1) is 0 Å². The lowest BCUT2D eigenvalue weighted by Crippen LogP contribution is -2.20. The maximum atomic E-state index is 10.1. The molecule has 0 saturated heterocycles. The second kappa shape index (κ2) is 4.87. The summed E-state index contributed by atoms with van der Waals surface area (Å²) >= 11 is 0. The van der Waals surface area contributed by atoms with Crippen molar-refractivity contribution in [2.75, 3.05) is 6.54 Å². The predicted octanol–water partition coefficient (Wildman–Crippen LogP) is 1.01. The number of nitrogens with one attached hydrogen (secondary N) is 1. The average molecular weight is 190 g/mol. The molecule has 1 amide bonds. The van der Waals surface area contributed by atoms with Gasteiger partial charge in [0.2, 0.25) is 0 Å². The van der Waals surface area contributed by atoms with Gasteiger partial charge in [-0.2, -0.15) is 0 Å². The number of pyridine rings is 1. The van der Waals surface area contributed by atoms with Crippen molar-refractivity contribution >= 4 is 6.09 Å². The molecule has 0 atom stereocenters. The second-order valence-electron chi connectivity index (χ2n) is 2.65. The van der Waals surface area contributed by atoms with Crippen LogP contribution in [-0.4, -0.2) is 22.7 Å². The van der Waals surface area contributed by atoms with E-state index in [1.54, 1.807) is 12.4 Å². The SMILES string of the molecule is Cc1ccncc1C#CCNC(=O)O. The van der Waals surface area contributed by atoms with E-state index in [0.29, 0.717) is 0 Å². The Morgan fingerprint density at radius 3 is 3.14 bits per heavy atom. The van der Waals surface area contributed by atoms with Crippen LogP contribution in [-0.2, 0) is 0 Å². The molecule has 0 saturated carbocycles. The number of aryl methyl sites for hydroxylation is 1. The Morgan fingerprint density at radius 1 is 1.71 bits per heavy atom. The molecule has 1 rings (SSSR count). The quantitative estimate of drug-likeness (QED) is 0.649. The monoisotopic (exact) mass is 190 g/mol. The highest BCUT2D eigenvalue weighted by Crippen LogP contribution is 2.01. The molecule has 0 bridgehead atoms. The molecule has 0 aromatic carbocycles. The molecule has 0 spiro atoms. The van der Waals surface area contributed by atoms with Crippen LogP contribution in [0.2, 0.25) is 0 Å². The van der Waals surface area contributed by atoms with Gasteiger partial charge in [0.15, 0.2) is 0 Å². The molecule has 0 aliphatic carbocycles. The summed E-state index contributed by atoms with van der Waals surface area (Å²) in [6.07, 6.45) is 2.28. The topological polar surface area (TPSA) is 62.2 Å². The molecule has 0 aliphatic rings. The fourth-order valence-corrected chi connectivity index (χ4v) is 0.854. The molecule has 72 valence electrons. The van der Waals surface area contributed by atoms with E-state index < -0.39 is 6.09 Å². The third-order valence-corrected chi connectivity index (χ3v) is 1.59. The number of aromatic nitrogens is 1. The molecule has 4 heteroatoms. The highest BCUT2D eigenvalue weighted by molar-refractivity contribution is 5.64. The van der Waals surface area contributed by atoms with Crippen molar-refractivity contribution in [3.8, 4) is 11.8 Å². The smallest absolute Gasteiger partial charge is 0.405 e. The minimum atomic E-state index is -1.07. The van der Waals surface area contributed by atoms with E-state index in [4.69, 9.17) is 5.11 Å². The zero-order valence-corrected chi connectivity index (χ0v) is 7.74. The molecule has 0 aliphatic heterocycles. The summed E-state index contributed by atoms with van der Waals surface area (Å²) in [5.74, 6) is 5.52. The van der Waals surface area contributed by atoms with Gasteiger partial charge in [-0.1, -0.05) is 11.8 Å². The Bertz CT molecular complexity index is 391. The average Bonchev–Trinajstić information content (AvgIpc) is 2.15. The number of nitrogens with zero attached hydrogens (tertiary/aromatic N) is 1. The van der Waals surface area contributed by atoms with E-state index in [9.17, 15) is 4.79 Å². The van der Waals surface area contributed by atoms with E-state index in [2.05, 4.69) is 22.1 Å². The Hall–Kier alpha value is -2.02. The molecule has 14 heavy (non-hydrogen) atoms. The number of carbonyl (C=O) groups is 1. The van der Waals surface area contributed by atoms with E-state index in [1.807, 2.05) is 13.0 Å². The number of carboxylic acid groups (broad SMARTS) is 1. The molecule has 1 aromatic heterocycles. The summed E-state index contributed by atoms with van der Waals surface area (Å²) in [4.78, 5) is 14.0. The Balaban J connectivity index is 2.59. The van der Waals surface area contributed by atoms with Crippen molar-refractivity contribution in [3.63, 3.8) is 0 Å². The summed E-state index contributed by atoms with van der Waals surface area (Å²) < 4.78 is 0. The number of hydrogen-bond donors (Lipinski definition) is 2. The zero-order valence-electron chi connectivity index (χ0n) is 7.74. The Labute approximate surface area is 82.0 Å². The minimum absolute atomic E-state index is 0.129. The van der Waals surface area contributed by atoms with E-state index in [-0.39, 0.29) is 6.54 Å². The van der Waals surface area contributed by atoms with Gasteiger partial charge in [0.25, 0.3) is 0 Å². The first-order valence-electron chi connectivity index (χ1n) is 4.06. The first-order chi connectivity index (χ1) is 6.70. The molecule has 0 radical (unpaired) electrons. The summed E-state index contributed by atoms with van der Waals surface area (Å²) in [5.41, 5.74) is 1.85. The fraction of sp³-hybridized carbons (Fsp3) is 0.200. The van der Waals surface area contributed by atoms with Crippen LogP contribution in [0.15, 0.2) is 18.5 Å². The molecule has 2 N–H and O–H groups in total. The highest BCUT2D eigenvalue weighted by Gasteiger charge is 1.91. The van der Waals surface area contributed by atoms with Crippen molar-refractivity contribution in [3.05, 3.63) is 29.6 Å². The maximum absolute atomic E-state index is 10.1. The molecule has 0 unspecified atom stereocenters. The molecule has 0 fully saturated rings. The standard InChI is InChI=1S/C10H10N2O2/c1-8-4-6-11-7-9(8)3-2-5-12-10(13)14/h4,6-7,12H,5H2,1H3,(H,13,14). The van der Waals surface area contributed by atoms with Crippen molar-refractivity contribution in [1.29, 1.82) is 0 Å². The van der Waals surface area contributed by atoms with Crippen LogP contribution in [0.5, 0.6) is 0 Å². The van der Waals surface area contributed by atoms with Crippen LogP contribution in [0.25, 0.3) is 0 Å². The molecule has 1 heterocycles. The third-order valence-electron chi connectivity index (χ3n) is 1.59. The van der Waals surface area contributed by atoms with E-state index in [0.717, 1.165) is 11.1 Å². The summed E-state index contributed by atoms with van der Waals surface area (Å²) in [6, 6.07) is 1.86. The maximum Gasteiger partial charge on any atom is 0.405 e. The van der Waals surface area contributed by atoms with Crippen molar-refractivity contribution in [1.82, 2.24) is 10.3 Å². The van der Waals surface area contributed by atoms with Gasteiger partial charge in [0.1, 0.15) is 0 Å². The fourth-order valence-electron chi connectivity index (χ4n) is 0.854. The minimum Gasteiger partial charge on any atom is -0.465 e. The van der Waals surface area contributed by atoms with E-state index in [1.165, 1.54) is 0 Å². The van der Waals surface area contributed by atoms with Crippen molar-refractivity contribution < 1.29 is 9.90 Å². The van der Waals surface area contributed by atoms with Crippen molar-refractivity contribution in [2.24, 2.45) is 0 Å². The normalized spacial score (nSPS) is 8.64. The first kappa shape index (κ1) is 10.1. The van der Waals surface area contributed by atoms with Gasteiger partial charge in [-0.05, 0) is 18.6 Å². The lowest BCUT2D eigenvalue weighted by atomic mass is 10.2. The Kier molecular flexibility index (Phi) is 3.50. The predicted molar refractivity (Wildman–Crippen MR) is 51.9 cm³/mol. The number of hydrogen-bond acceptors (Lipinski definition) is 2. The molecular formula is C10H10N2O2. The van der Waals surface area contributed by atoms with Crippen LogP contribution in [0.1, 0.15) is 11.1 Å². The highest BCUT2D eigenvalue weighted by atomic mass is 16.4. The van der Waals surface area contributed by atoms with Crippen LogP contribution in [0, 0.1) is 18.8 Å². The summed E-state index contributed by atoms with van der Waals surface area (Å²) in [6.45, 7) is 2.06. The van der Waals surface area contributed by atoms with E-state index >= 15 is 0 Å². The second-order valence-corrected chi connectivity index (χ2v) is 2.65. The van der Waals surface area contributed by atoms with Crippen LogP contribution in [0.3, 0.4) is 0 Å². The van der Waals surface area contributed by atoms with Gasteiger partial charge in [0.05, 0.1) is 6.54 Å². The van der Waals surface area contributed by atoms with Gasteiger partial charge in [-0.25, -0.2) is 4.79 Å². The van der Waals surface area contributed by atoms with Gasteiger partial charge in [0, 0.05) is 18.0 Å². The number of rotatable bonds is 1.